The Balaban J connectivity index is 2.65. The van der Waals surface area contributed by atoms with Gasteiger partial charge in [0, 0.05) is 5.69 Å². The molecule has 0 saturated carbocycles. The minimum Gasteiger partial charge on any atom is -0.466 e. The highest BCUT2D eigenvalue weighted by molar-refractivity contribution is 5.87. The standard InChI is InChI=1S/C12H15FN2O3/c1-2-18-11(16)7-10(12(14)17)15-9-5-3-8(13)4-6-9/h3-6,10,15H,2,7H2,1H3,(H2,14,17). The number of nitrogens with two attached hydrogens (primary N) is 1. The van der Waals surface area contributed by atoms with Gasteiger partial charge in [0.05, 0.1) is 13.0 Å². The van der Waals surface area contributed by atoms with Crippen LogP contribution >= 0.6 is 0 Å². The molecule has 1 amide bonds. The summed E-state index contributed by atoms with van der Waals surface area (Å²) in [6.45, 7) is 1.91. The predicted octanol–water partition coefficient (Wildman–Crippen LogP) is 1.04. The number of anilines is 1. The molecule has 1 aromatic carbocycles. The molecule has 1 aromatic rings. The average Bonchev–Trinajstić information content (AvgIpc) is 2.31. The summed E-state index contributed by atoms with van der Waals surface area (Å²) in [4.78, 5) is 22.5. The van der Waals surface area contributed by atoms with Gasteiger partial charge < -0.3 is 15.8 Å². The Morgan fingerprint density at radius 1 is 1.39 bits per heavy atom. The predicted molar refractivity (Wildman–Crippen MR) is 64.3 cm³/mol. The summed E-state index contributed by atoms with van der Waals surface area (Å²) in [6, 6.07) is 4.51. The SMILES string of the molecule is CCOC(=O)CC(Nc1ccc(F)cc1)C(N)=O. The molecule has 0 aliphatic carbocycles. The van der Waals surface area contributed by atoms with Crippen LogP contribution in [0, 0.1) is 5.82 Å². The molecule has 0 fully saturated rings. The molecule has 6 heteroatoms. The first-order valence-corrected chi connectivity index (χ1v) is 5.50. The lowest BCUT2D eigenvalue weighted by Gasteiger charge is -2.15. The molecule has 1 unspecified atom stereocenters. The summed E-state index contributed by atoms with van der Waals surface area (Å²) in [5.41, 5.74) is 5.68. The van der Waals surface area contributed by atoms with Gasteiger partial charge in [0.25, 0.3) is 0 Å². The molecule has 0 aliphatic rings. The zero-order chi connectivity index (χ0) is 13.5. The van der Waals surface area contributed by atoms with Gasteiger partial charge in [0.15, 0.2) is 0 Å². The highest BCUT2D eigenvalue weighted by Gasteiger charge is 2.19. The van der Waals surface area contributed by atoms with Crippen molar-refractivity contribution in [3.05, 3.63) is 30.1 Å². The molecule has 1 atom stereocenters. The first-order chi connectivity index (χ1) is 8.52. The van der Waals surface area contributed by atoms with Crippen LogP contribution in [-0.4, -0.2) is 24.5 Å². The quantitative estimate of drug-likeness (QED) is 0.743. The minimum atomic E-state index is -0.880. The lowest BCUT2D eigenvalue weighted by molar-refractivity contribution is -0.144. The van der Waals surface area contributed by atoms with Crippen molar-refractivity contribution in [1.82, 2.24) is 0 Å². The summed E-state index contributed by atoms with van der Waals surface area (Å²) < 4.78 is 17.4. The number of esters is 1. The van der Waals surface area contributed by atoms with Gasteiger partial charge in [-0.1, -0.05) is 0 Å². The van der Waals surface area contributed by atoms with Crippen LogP contribution in [-0.2, 0) is 14.3 Å². The molecule has 0 heterocycles. The number of carbonyl (C=O) groups excluding carboxylic acids is 2. The smallest absolute Gasteiger partial charge is 0.308 e. The third-order valence-electron chi connectivity index (χ3n) is 2.20. The highest BCUT2D eigenvalue weighted by Crippen LogP contribution is 2.11. The van der Waals surface area contributed by atoms with Crippen molar-refractivity contribution in [1.29, 1.82) is 0 Å². The fourth-order valence-electron chi connectivity index (χ4n) is 1.36. The summed E-state index contributed by atoms with van der Waals surface area (Å²) in [6.07, 6.45) is -0.166. The number of hydrogen-bond donors (Lipinski definition) is 2. The maximum atomic E-state index is 12.7. The van der Waals surface area contributed by atoms with Gasteiger partial charge in [0.1, 0.15) is 11.9 Å². The second-order valence-corrected chi connectivity index (χ2v) is 3.62. The normalized spacial score (nSPS) is 11.7. The van der Waals surface area contributed by atoms with E-state index in [2.05, 4.69) is 5.32 Å². The lowest BCUT2D eigenvalue weighted by atomic mass is 10.2. The second kappa shape index (κ2) is 6.58. The van der Waals surface area contributed by atoms with Crippen LogP contribution in [0.2, 0.25) is 0 Å². The lowest BCUT2D eigenvalue weighted by Crippen LogP contribution is -2.37. The van der Waals surface area contributed by atoms with Gasteiger partial charge in [-0.2, -0.15) is 0 Å². The summed E-state index contributed by atoms with van der Waals surface area (Å²) >= 11 is 0. The van der Waals surface area contributed by atoms with Gasteiger partial charge >= 0.3 is 5.97 Å². The van der Waals surface area contributed by atoms with Gasteiger partial charge in [-0.05, 0) is 31.2 Å². The first kappa shape index (κ1) is 14.0. The monoisotopic (exact) mass is 254 g/mol. The molecule has 5 nitrogen and oxygen atoms in total. The first-order valence-electron chi connectivity index (χ1n) is 5.50. The molecule has 0 radical (unpaired) electrons. The van der Waals surface area contributed by atoms with Crippen LogP contribution in [0.1, 0.15) is 13.3 Å². The van der Waals surface area contributed by atoms with Crippen molar-refractivity contribution in [2.45, 2.75) is 19.4 Å². The Labute approximate surface area is 104 Å². The van der Waals surface area contributed by atoms with Crippen molar-refractivity contribution in [2.75, 3.05) is 11.9 Å². The van der Waals surface area contributed by atoms with Crippen LogP contribution in [0.25, 0.3) is 0 Å². The molecule has 0 spiro atoms. The number of hydrogen-bond acceptors (Lipinski definition) is 4. The van der Waals surface area contributed by atoms with Gasteiger partial charge in [-0.25, -0.2) is 4.39 Å². The zero-order valence-corrected chi connectivity index (χ0v) is 9.98. The van der Waals surface area contributed by atoms with E-state index in [9.17, 15) is 14.0 Å². The van der Waals surface area contributed by atoms with Gasteiger partial charge in [0.2, 0.25) is 5.91 Å². The summed E-state index contributed by atoms with van der Waals surface area (Å²) in [5.74, 6) is -1.58. The molecule has 0 aliphatic heterocycles. The van der Waals surface area contributed by atoms with E-state index in [4.69, 9.17) is 10.5 Å². The molecule has 0 bridgehead atoms. The number of rotatable bonds is 6. The minimum absolute atomic E-state index is 0.166. The van der Waals surface area contributed by atoms with Crippen LogP contribution < -0.4 is 11.1 Å². The maximum Gasteiger partial charge on any atom is 0.308 e. The highest BCUT2D eigenvalue weighted by atomic mass is 19.1. The van der Waals surface area contributed by atoms with E-state index in [0.29, 0.717) is 5.69 Å². The number of halogens is 1. The number of nitrogens with one attached hydrogen (secondary N) is 1. The van der Waals surface area contributed by atoms with Gasteiger partial charge in [-0.15, -0.1) is 0 Å². The van der Waals surface area contributed by atoms with Crippen molar-refractivity contribution >= 4 is 17.6 Å². The Hall–Kier alpha value is -2.11. The summed E-state index contributed by atoms with van der Waals surface area (Å²) in [7, 11) is 0. The zero-order valence-electron chi connectivity index (χ0n) is 9.98. The largest absolute Gasteiger partial charge is 0.466 e. The van der Waals surface area contributed by atoms with E-state index in [0.717, 1.165) is 0 Å². The van der Waals surface area contributed by atoms with E-state index >= 15 is 0 Å². The number of benzene rings is 1. The van der Waals surface area contributed by atoms with Crippen LogP contribution in [0.4, 0.5) is 10.1 Å². The maximum absolute atomic E-state index is 12.7. The van der Waals surface area contributed by atoms with Crippen molar-refractivity contribution in [3.8, 4) is 0 Å². The van der Waals surface area contributed by atoms with Crippen molar-refractivity contribution in [2.24, 2.45) is 5.73 Å². The van der Waals surface area contributed by atoms with Crippen molar-refractivity contribution < 1.29 is 18.7 Å². The van der Waals surface area contributed by atoms with Crippen molar-refractivity contribution in [3.63, 3.8) is 0 Å². The molecule has 98 valence electrons. The molecule has 0 saturated heterocycles. The molecular formula is C12H15FN2O3. The number of amides is 1. The van der Waals surface area contributed by atoms with Crippen LogP contribution in [0.5, 0.6) is 0 Å². The Morgan fingerprint density at radius 3 is 2.50 bits per heavy atom. The van der Waals surface area contributed by atoms with Gasteiger partial charge in [-0.3, -0.25) is 9.59 Å². The Bertz CT molecular complexity index is 420. The Kier molecular flexibility index (Phi) is 5.10. The Morgan fingerprint density at radius 2 is 2.00 bits per heavy atom. The molecule has 18 heavy (non-hydrogen) atoms. The second-order valence-electron chi connectivity index (χ2n) is 3.62. The molecule has 3 N–H and O–H groups in total. The van der Waals surface area contributed by atoms with Crippen LogP contribution in [0.15, 0.2) is 24.3 Å². The average molecular weight is 254 g/mol. The third kappa shape index (κ3) is 4.40. The van der Waals surface area contributed by atoms with E-state index in [-0.39, 0.29) is 18.8 Å². The molecular weight excluding hydrogens is 239 g/mol. The summed E-state index contributed by atoms with van der Waals surface area (Å²) in [5, 5.41) is 2.75. The molecule has 1 rings (SSSR count). The van der Waals surface area contributed by atoms with Crippen LogP contribution in [0.3, 0.4) is 0 Å². The topological polar surface area (TPSA) is 81.4 Å². The van der Waals surface area contributed by atoms with E-state index in [1.165, 1.54) is 24.3 Å². The van der Waals surface area contributed by atoms with E-state index < -0.39 is 17.9 Å². The fourth-order valence-corrected chi connectivity index (χ4v) is 1.36. The molecule has 0 aromatic heterocycles. The number of carbonyl (C=O) groups is 2. The fraction of sp³-hybridized carbons (Fsp3) is 0.333. The third-order valence-corrected chi connectivity index (χ3v) is 2.20. The number of primary amides is 1. The van der Waals surface area contributed by atoms with E-state index in [1.54, 1.807) is 6.92 Å². The number of ether oxygens (including phenoxy) is 1. The van der Waals surface area contributed by atoms with E-state index in [1.807, 2.05) is 0 Å².